The smallest absolute Gasteiger partial charge is 0.236 e. The first-order chi connectivity index (χ1) is 14.2. The minimum Gasteiger partial charge on any atom is -0.373 e. The Morgan fingerprint density at radius 1 is 1.14 bits per heavy atom. The Morgan fingerprint density at radius 2 is 1.97 bits per heavy atom. The predicted molar refractivity (Wildman–Crippen MR) is 111 cm³/mol. The van der Waals surface area contributed by atoms with Crippen LogP contribution in [0.2, 0.25) is 0 Å². The SMILES string of the molecule is CNc1cc(Nc2nccc([C@H]3CCCN(CC(=O)N4CCCC4)C3)n2)ncn1. The summed E-state index contributed by atoms with van der Waals surface area (Å²) in [6.45, 7) is 4.17. The van der Waals surface area contributed by atoms with Crippen LogP contribution in [0.5, 0.6) is 0 Å². The molecule has 9 heteroatoms. The van der Waals surface area contributed by atoms with Crippen molar-refractivity contribution in [2.24, 2.45) is 0 Å². The zero-order valence-corrected chi connectivity index (χ0v) is 16.8. The summed E-state index contributed by atoms with van der Waals surface area (Å²) >= 11 is 0. The van der Waals surface area contributed by atoms with Crippen molar-refractivity contribution in [2.75, 3.05) is 50.4 Å². The maximum atomic E-state index is 12.5. The number of likely N-dealkylation sites (tertiary alicyclic amines) is 2. The number of hydrogen-bond acceptors (Lipinski definition) is 8. The molecule has 154 valence electrons. The number of nitrogens with zero attached hydrogens (tertiary/aromatic N) is 6. The molecule has 0 bridgehead atoms. The number of hydrogen-bond donors (Lipinski definition) is 2. The number of carbonyl (C=O) groups excluding carboxylic acids is 1. The molecule has 2 saturated heterocycles. The van der Waals surface area contributed by atoms with Gasteiger partial charge in [-0.05, 0) is 38.3 Å². The van der Waals surface area contributed by atoms with Crippen molar-refractivity contribution in [3.8, 4) is 0 Å². The number of carbonyl (C=O) groups is 1. The fraction of sp³-hybridized carbons (Fsp3) is 0.550. The third kappa shape index (κ3) is 4.97. The van der Waals surface area contributed by atoms with E-state index in [4.69, 9.17) is 4.98 Å². The molecule has 0 aliphatic carbocycles. The van der Waals surface area contributed by atoms with E-state index in [-0.39, 0.29) is 5.91 Å². The topological polar surface area (TPSA) is 99.2 Å². The van der Waals surface area contributed by atoms with Crippen molar-refractivity contribution in [3.05, 3.63) is 30.4 Å². The molecule has 1 atom stereocenters. The molecule has 2 N–H and O–H groups in total. The van der Waals surface area contributed by atoms with Gasteiger partial charge in [-0.15, -0.1) is 0 Å². The monoisotopic (exact) mass is 396 g/mol. The molecular formula is C20H28N8O. The molecule has 2 aliphatic rings. The van der Waals surface area contributed by atoms with Gasteiger partial charge < -0.3 is 15.5 Å². The van der Waals surface area contributed by atoms with Crippen molar-refractivity contribution in [1.29, 1.82) is 0 Å². The zero-order chi connectivity index (χ0) is 20.1. The molecular weight excluding hydrogens is 368 g/mol. The highest BCUT2D eigenvalue weighted by atomic mass is 16.2. The van der Waals surface area contributed by atoms with E-state index in [2.05, 4.69) is 30.5 Å². The molecule has 0 radical (unpaired) electrons. The van der Waals surface area contributed by atoms with Crippen molar-refractivity contribution in [1.82, 2.24) is 29.7 Å². The van der Waals surface area contributed by atoms with Crippen LogP contribution in [0.1, 0.15) is 37.3 Å². The molecule has 9 nitrogen and oxygen atoms in total. The first-order valence-corrected chi connectivity index (χ1v) is 10.3. The third-order valence-electron chi connectivity index (χ3n) is 5.58. The van der Waals surface area contributed by atoms with Gasteiger partial charge in [0.2, 0.25) is 11.9 Å². The predicted octanol–water partition coefficient (Wildman–Crippen LogP) is 1.85. The quantitative estimate of drug-likeness (QED) is 0.763. The lowest BCUT2D eigenvalue weighted by Gasteiger charge is -2.33. The average molecular weight is 396 g/mol. The lowest BCUT2D eigenvalue weighted by Crippen LogP contribution is -2.43. The second kappa shape index (κ2) is 9.13. The van der Waals surface area contributed by atoms with E-state index >= 15 is 0 Å². The zero-order valence-electron chi connectivity index (χ0n) is 16.8. The number of anilines is 3. The van der Waals surface area contributed by atoms with E-state index in [1.165, 1.54) is 6.33 Å². The molecule has 2 fully saturated rings. The van der Waals surface area contributed by atoms with Gasteiger partial charge in [0.1, 0.15) is 18.0 Å². The first kappa shape index (κ1) is 19.5. The number of amides is 1. The summed E-state index contributed by atoms with van der Waals surface area (Å²) in [5, 5.41) is 6.14. The first-order valence-electron chi connectivity index (χ1n) is 10.3. The van der Waals surface area contributed by atoms with Crippen molar-refractivity contribution < 1.29 is 4.79 Å². The molecule has 0 spiro atoms. The van der Waals surface area contributed by atoms with Gasteiger partial charge in [-0.3, -0.25) is 9.69 Å². The average Bonchev–Trinajstić information content (AvgIpc) is 3.29. The number of aromatic nitrogens is 4. The summed E-state index contributed by atoms with van der Waals surface area (Å²) in [6.07, 6.45) is 7.68. The van der Waals surface area contributed by atoms with Crippen LogP contribution in [0.15, 0.2) is 24.7 Å². The summed E-state index contributed by atoms with van der Waals surface area (Å²) in [4.78, 5) is 34.1. The highest BCUT2D eigenvalue weighted by Crippen LogP contribution is 2.26. The van der Waals surface area contributed by atoms with E-state index in [9.17, 15) is 4.79 Å². The van der Waals surface area contributed by atoms with Gasteiger partial charge in [0.15, 0.2) is 0 Å². The Labute approximate surface area is 171 Å². The molecule has 29 heavy (non-hydrogen) atoms. The van der Waals surface area contributed by atoms with Crippen LogP contribution in [0.3, 0.4) is 0 Å². The van der Waals surface area contributed by atoms with Gasteiger partial charge in [-0.25, -0.2) is 19.9 Å². The number of nitrogens with one attached hydrogen (secondary N) is 2. The Morgan fingerprint density at radius 3 is 2.79 bits per heavy atom. The van der Waals surface area contributed by atoms with E-state index < -0.39 is 0 Å². The Balaban J connectivity index is 1.39. The van der Waals surface area contributed by atoms with E-state index in [1.54, 1.807) is 6.20 Å². The largest absolute Gasteiger partial charge is 0.373 e. The minimum absolute atomic E-state index is 0.261. The molecule has 1 amide bonds. The maximum Gasteiger partial charge on any atom is 0.236 e. The van der Waals surface area contributed by atoms with Crippen LogP contribution in [0.25, 0.3) is 0 Å². The fourth-order valence-electron chi connectivity index (χ4n) is 4.04. The van der Waals surface area contributed by atoms with Gasteiger partial charge in [0.25, 0.3) is 0 Å². The fourth-order valence-corrected chi connectivity index (χ4v) is 4.04. The van der Waals surface area contributed by atoms with Gasteiger partial charge in [0.05, 0.1) is 12.2 Å². The molecule has 0 aromatic carbocycles. The lowest BCUT2D eigenvalue weighted by atomic mass is 9.94. The molecule has 2 aromatic rings. The van der Waals surface area contributed by atoms with Crippen LogP contribution in [-0.4, -0.2) is 75.4 Å². The minimum atomic E-state index is 0.261. The van der Waals surface area contributed by atoms with Crippen molar-refractivity contribution in [3.63, 3.8) is 0 Å². The highest BCUT2D eigenvalue weighted by Gasteiger charge is 2.26. The third-order valence-corrected chi connectivity index (χ3v) is 5.58. The van der Waals surface area contributed by atoms with Crippen LogP contribution in [0, 0.1) is 0 Å². The summed E-state index contributed by atoms with van der Waals surface area (Å²) in [5.74, 6) is 2.45. The molecule has 2 aromatic heterocycles. The van der Waals surface area contributed by atoms with Crippen LogP contribution >= 0.6 is 0 Å². The second-order valence-corrected chi connectivity index (χ2v) is 7.63. The van der Waals surface area contributed by atoms with Gasteiger partial charge in [0, 0.05) is 44.9 Å². The number of piperidine rings is 1. The van der Waals surface area contributed by atoms with Crippen LogP contribution < -0.4 is 10.6 Å². The molecule has 2 aliphatic heterocycles. The standard InChI is InChI=1S/C20H28N8O/c1-21-17-11-18(24-14-23-17)26-20-22-7-6-16(25-20)15-5-4-8-27(12-15)13-19(29)28-9-2-3-10-28/h6-7,11,14-15H,2-5,8-10,12-13H2,1H3,(H2,21,22,23,24,25,26)/t15-/m0/s1. The Bertz CT molecular complexity index is 839. The normalized spacial score (nSPS) is 19.9. The highest BCUT2D eigenvalue weighted by molar-refractivity contribution is 5.78. The molecule has 0 saturated carbocycles. The summed E-state index contributed by atoms with van der Waals surface area (Å²) in [7, 11) is 1.81. The summed E-state index contributed by atoms with van der Waals surface area (Å²) in [6, 6.07) is 3.78. The second-order valence-electron chi connectivity index (χ2n) is 7.63. The van der Waals surface area contributed by atoms with E-state index in [0.29, 0.717) is 24.2 Å². The molecule has 4 rings (SSSR count). The van der Waals surface area contributed by atoms with E-state index in [0.717, 1.165) is 63.4 Å². The molecule has 0 unspecified atom stereocenters. The Hall–Kier alpha value is -2.81. The Kier molecular flexibility index (Phi) is 6.14. The van der Waals surface area contributed by atoms with E-state index in [1.807, 2.05) is 24.1 Å². The lowest BCUT2D eigenvalue weighted by molar-refractivity contribution is -0.131. The van der Waals surface area contributed by atoms with Crippen LogP contribution in [-0.2, 0) is 4.79 Å². The number of rotatable bonds is 6. The van der Waals surface area contributed by atoms with Crippen molar-refractivity contribution >= 4 is 23.5 Å². The summed E-state index contributed by atoms with van der Waals surface area (Å²) < 4.78 is 0. The van der Waals surface area contributed by atoms with Crippen LogP contribution in [0.4, 0.5) is 17.6 Å². The maximum absolute atomic E-state index is 12.5. The van der Waals surface area contributed by atoms with Gasteiger partial charge >= 0.3 is 0 Å². The van der Waals surface area contributed by atoms with Crippen molar-refractivity contribution in [2.45, 2.75) is 31.6 Å². The van der Waals surface area contributed by atoms with Gasteiger partial charge in [-0.2, -0.15) is 0 Å². The van der Waals surface area contributed by atoms with Gasteiger partial charge in [-0.1, -0.05) is 0 Å². The summed E-state index contributed by atoms with van der Waals surface area (Å²) in [5.41, 5.74) is 1.00. The molecule has 4 heterocycles.